The highest BCUT2D eigenvalue weighted by molar-refractivity contribution is 5.78. The van der Waals surface area contributed by atoms with Gasteiger partial charge in [0, 0.05) is 19.0 Å². The lowest BCUT2D eigenvalue weighted by Crippen LogP contribution is -2.47. The summed E-state index contributed by atoms with van der Waals surface area (Å²) in [6, 6.07) is 9.62. The van der Waals surface area contributed by atoms with E-state index in [0.717, 1.165) is 36.2 Å². The molecule has 1 saturated heterocycles. The van der Waals surface area contributed by atoms with Crippen LogP contribution in [-0.4, -0.2) is 36.7 Å². The SMILES string of the molecule is CC(NC(=O)N(C)C(C)c1cc2ccccc2o1)C1CCCO1. The van der Waals surface area contributed by atoms with Gasteiger partial charge in [-0.05, 0) is 38.8 Å². The predicted octanol–water partition coefficient (Wildman–Crippen LogP) is 3.70. The minimum atomic E-state index is -0.140. The Morgan fingerprint density at radius 1 is 1.35 bits per heavy atom. The van der Waals surface area contributed by atoms with Crippen LogP contribution in [0.15, 0.2) is 34.7 Å². The summed E-state index contributed by atoms with van der Waals surface area (Å²) in [5.74, 6) is 0.786. The second kappa shape index (κ2) is 6.62. The van der Waals surface area contributed by atoms with Crippen LogP contribution in [0.25, 0.3) is 11.0 Å². The van der Waals surface area contributed by atoms with Gasteiger partial charge in [-0.3, -0.25) is 0 Å². The van der Waals surface area contributed by atoms with Gasteiger partial charge in [-0.25, -0.2) is 4.79 Å². The molecule has 0 radical (unpaired) electrons. The molecule has 1 N–H and O–H groups in total. The van der Waals surface area contributed by atoms with E-state index in [-0.39, 0.29) is 24.2 Å². The molecule has 1 aromatic carbocycles. The van der Waals surface area contributed by atoms with Crippen molar-refractivity contribution in [1.29, 1.82) is 0 Å². The standard InChI is InChI=1S/C18H24N2O3/c1-12(15-9-6-10-22-15)19-18(21)20(3)13(2)17-11-14-7-4-5-8-16(14)23-17/h4-5,7-8,11-13,15H,6,9-10H2,1-3H3,(H,19,21). The van der Waals surface area contributed by atoms with Crippen LogP contribution in [0, 0.1) is 0 Å². The zero-order valence-electron chi connectivity index (χ0n) is 13.9. The molecule has 1 fully saturated rings. The van der Waals surface area contributed by atoms with Crippen LogP contribution >= 0.6 is 0 Å². The van der Waals surface area contributed by atoms with Crippen molar-refractivity contribution in [1.82, 2.24) is 10.2 Å². The van der Waals surface area contributed by atoms with Gasteiger partial charge < -0.3 is 19.4 Å². The molecule has 3 rings (SSSR count). The molecular weight excluding hydrogens is 292 g/mol. The molecule has 2 aromatic rings. The average Bonchev–Trinajstić information content (AvgIpc) is 3.22. The Bertz CT molecular complexity index is 643. The first kappa shape index (κ1) is 15.9. The molecule has 2 amide bonds. The number of ether oxygens (including phenoxy) is 1. The lowest BCUT2D eigenvalue weighted by atomic mass is 10.1. The fourth-order valence-corrected chi connectivity index (χ4v) is 2.96. The molecule has 2 heterocycles. The fraction of sp³-hybridized carbons (Fsp3) is 0.500. The van der Waals surface area contributed by atoms with E-state index in [4.69, 9.17) is 9.15 Å². The van der Waals surface area contributed by atoms with Gasteiger partial charge in [0.2, 0.25) is 0 Å². The summed E-state index contributed by atoms with van der Waals surface area (Å²) in [5.41, 5.74) is 0.843. The van der Waals surface area contributed by atoms with Crippen LogP contribution < -0.4 is 5.32 Å². The summed E-state index contributed by atoms with van der Waals surface area (Å²) in [4.78, 5) is 14.1. The molecule has 0 spiro atoms. The molecule has 3 unspecified atom stereocenters. The lowest BCUT2D eigenvalue weighted by Gasteiger charge is -2.27. The number of amides is 2. The molecule has 124 valence electrons. The van der Waals surface area contributed by atoms with Gasteiger partial charge in [-0.1, -0.05) is 18.2 Å². The third-order valence-electron chi connectivity index (χ3n) is 4.63. The molecule has 1 aliphatic heterocycles. The summed E-state index contributed by atoms with van der Waals surface area (Å²) < 4.78 is 11.5. The van der Waals surface area contributed by atoms with Crippen LogP contribution in [-0.2, 0) is 4.74 Å². The van der Waals surface area contributed by atoms with Crippen molar-refractivity contribution >= 4 is 17.0 Å². The molecule has 0 bridgehead atoms. The number of hydrogen-bond donors (Lipinski definition) is 1. The Hall–Kier alpha value is -2.01. The van der Waals surface area contributed by atoms with Crippen LogP contribution in [0.2, 0.25) is 0 Å². The number of carbonyl (C=O) groups is 1. The van der Waals surface area contributed by atoms with Gasteiger partial charge in [0.15, 0.2) is 0 Å². The summed E-state index contributed by atoms with van der Waals surface area (Å²) in [5, 5.41) is 4.08. The van der Waals surface area contributed by atoms with E-state index >= 15 is 0 Å². The quantitative estimate of drug-likeness (QED) is 0.935. The highest BCUT2D eigenvalue weighted by Gasteiger charge is 2.27. The monoisotopic (exact) mass is 316 g/mol. The first-order valence-corrected chi connectivity index (χ1v) is 8.19. The summed E-state index contributed by atoms with van der Waals surface area (Å²) >= 11 is 0. The molecule has 3 atom stereocenters. The molecule has 1 aromatic heterocycles. The number of rotatable bonds is 4. The lowest BCUT2D eigenvalue weighted by molar-refractivity contribution is 0.0827. The summed E-state index contributed by atoms with van der Waals surface area (Å²) in [6.45, 7) is 4.75. The number of para-hydroxylation sites is 1. The Labute approximate surface area is 136 Å². The van der Waals surface area contributed by atoms with E-state index in [1.165, 1.54) is 0 Å². The molecule has 5 nitrogen and oxygen atoms in total. The molecule has 1 aliphatic rings. The number of benzene rings is 1. The van der Waals surface area contributed by atoms with E-state index in [1.54, 1.807) is 11.9 Å². The molecule has 0 saturated carbocycles. The molecule has 0 aliphatic carbocycles. The molecule has 5 heteroatoms. The van der Waals surface area contributed by atoms with Crippen LogP contribution in [0.5, 0.6) is 0 Å². The van der Waals surface area contributed by atoms with Gasteiger partial charge in [0.25, 0.3) is 0 Å². The maximum Gasteiger partial charge on any atom is 0.318 e. The average molecular weight is 316 g/mol. The first-order chi connectivity index (χ1) is 11.1. The topological polar surface area (TPSA) is 54.7 Å². The third kappa shape index (κ3) is 3.34. The van der Waals surface area contributed by atoms with E-state index in [2.05, 4.69) is 5.32 Å². The van der Waals surface area contributed by atoms with E-state index in [1.807, 2.05) is 44.2 Å². The Morgan fingerprint density at radius 3 is 2.83 bits per heavy atom. The molecular formula is C18H24N2O3. The van der Waals surface area contributed by atoms with Crippen LogP contribution in [0.1, 0.15) is 38.5 Å². The van der Waals surface area contributed by atoms with Crippen molar-refractivity contribution in [3.05, 3.63) is 36.1 Å². The highest BCUT2D eigenvalue weighted by atomic mass is 16.5. The van der Waals surface area contributed by atoms with Gasteiger partial charge >= 0.3 is 6.03 Å². The van der Waals surface area contributed by atoms with E-state index in [0.29, 0.717) is 0 Å². The second-order valence-electron chi connectivity index (χ2n) is 6.26. The van der Waals surface area contributed by atoms with Crippen molar-refractivity contribution in [3.8, 4) is 0 Å². The maximum absolute atomic E-state index is 12.5. The minimum Gasteiger partial charge on any atom is -0.459 e. The zero-order chi connectivity index (χ0) is 16.4. The van der Waals surface area contributed by atoms with Gasteiger partial charge in [0.1, 0.15) is 11.3 Å². The van der Waals surface area contributed by atoms with Crippen LogP contribution in [0.3, 0.4) is 0 Å². The van der Waals surface area contributed by atoms with Crippen molar-refractivity contribution < 1.29 is 13.9 Å². The maximum atomic E-state index is 12.5. The summed E-state index contributed by atoms with van der Waals surface area (Å²) in [7, 11) is 1.79. The van der Waals surface area contributed by atoms with E-state index in [9.17, 15) is 4.79 Å². The number of nitrogens with zero attached hydrogens (tertiary/aromatic N) is 1. The first-order valence-electron chi connectivity index (χ1n) is 8.19. The van der Waals surface area contributed by atoms with Gasteiger partial charge in [0.05, 0.1) is 18.2 Å². The Morgan fingerprint density at radius 2 is 2.13 bits per heavy atom. The summed E-state index contributed by atoms with van der Waals surface area (Å²) in [6.07, 6.45) is 2.19. The van der Waals surface area contributed by atoms with Crippen molar-refractivity contribution in [3.63, 3.8) is 0 Å². The number of urea groups is 1. The highest BCUT2D eigenvalue weighted by Crippen LogP contribution is 2.26. The van der Waals surface area contributed by atoms with Crippen molar-refractivity contribution in [2.24, 2.45) is 0 Å². The third-order valence-corrected chi connectivity index (χ3v) is 4.63. The van der Waals surface area contributed by atoms with Crippen molar-refractivity contribution in [2.45, 2.75) is 44.9 Å². The fourth-order valence-electron chi connectivity index (χ4n) is 2.96. The number of fused-ring (bicyclic) bond motifs is 1. The minimum absolute atomic E-state index is 0.00956. The molecule has 23 heavy (non-hydrogen) atoms. The number of carbonyl (C=O) groups excluding carboxylic acids is 1. The van der Waals surface area contributed by atoms with Gasteiger partial charge in [-0.2, -0.15) is 0 Å². The normalized spacial score (nSPS) is 20.4. The predicted molar refractivity (Wildman–Crippen MR) is 89.4 cm³/mol. The Kier molecular flexibility index (Phi) is 4.57. The largest absolute Gasteiger partial charge is 0.459 e. The second-order valence-corrected chi connectivity index (χ2v) is 6.26. The zero-order valence-corrected chi connectivity index (χ0v) is 13.9. The smallest absolute Gasteiger partial charge is 0.318 e. The van der Waals surface area contributed by atoms with Crippen LogP contribution in [0.4, 0.5) is 4.79 Å². The Balaban J connectivity index is 1.65. The number of nitrogens with one attached hydrogen (secondary N) is 1. The number of furan rings is 1. The van der Waals surface area contributed by atoms with E-state index < -0.39 is 0 Å². The number of hydrogen-bond acceptors (Lipinski definition) is 3. The van der Waals surface area contributed by atoms with Crippen molar-refractivity contribution in [2.75, 3.05) is 13.7 Å². The van der Waals surface area contributed by atoms with Gasteiger partial charge in [-0.15, -0.1) is 0 Å².